The minimum Gasteiger partial charge on any atom is -0.462 e. The zero-order valence-electron chi connectivity index (χ0n) is 67.0. The molecule has 7 N–H and O–H groups in total. The molecule has 0 aromatic heterocycles. The number of rotatable bonds is 14. The van der Waals surface area contributed by atoms with Crippen LogP contribution < -0.4 is 16.0 Å². The summed E-state index contributed by atoms with van der Waals surface area (Å²) in [6.45, 7) is 26.7. The summed E-state index contributed by atoms with van der Waals surface area (Å²) in [6.07, 6.45) is -5.24. The molecule has 1 aromatic carbocycles. The number of nitrogens with one attached hydrogen (secondary N) is 3. The number of anilines is 1. The number of hydrogen-bond acceptors (Lipinski definition) is 19. The molecule has 16 atom stereocenters. The van der Waals surface area contributed by atoms with E-state index in [0.717, 1.165) is 48.4 Å². The summed E-state index contributed by atoms with van der Waals surface area (Å²) in [4.78, 5) is 205. The summed E-state index contributed by atoms with van der Waals surface area (Å²) < 4.78 is 5.70. The Bertz CT molecular complexity index is 3350. The predicted octanol–water partition coefficient (Wildman–Crippen LogP) is 1.08. The van der Waals surface area contributed by atoms with E-state index in [0.29, 0.717) is 29.0 Å². The molecule has 0 aliphatic carbocycles. The SMILES string of the molecule is CC[C@H](C)C1C(=O)N(C)CC(=O)N2C3Nc4ccccc4[C@]3(O)C[C@H]2C(=O)N(C)[C@@H](C(C)C)C(=O)N[C@@H]([C@@H](C)CC)C(=O)N(C)[C@@H](C(C)C)C(=O)N(C)[C@@H](C(C)C)C(=O)N(C)CC(=O)N(C)[C@H](C(C)(C)O)C(=O)N(C)[C@@H]([C@@H](C)[C@H](C)OC(=O)CC(C)(C)O)C(=O)N(C)[C@H](O)C(=O)N[C@@H](C(C)C)C(=O)N1C. The van der Waals surface area contributed by atoms with Gasteiger partial charge in [-0.15, -0.1) is 0 Å². The maximum absolute atomic E-state index is 15.5. The Kier molecular flexibility index (Phi) is 30.3. The van der Waals surface area contributed by atoms with Crippen LogP contribution in [0.5, 0.6) is 0 Å². The minimum atomic E-state index is -2.44. The van der Waals surface area contributed by atoms with Gasteiger partial charge in [0.05, 0.1) is 30.7 Å². The molecule has 2 unspecified atom stereocenters. The van der Waals surface area contributed by atoms with Crippen LogP contribution in [0.1, 0.15) is 156 Å². The summed E-state index contributed by atoms with van der Waals surface area (Å²) in [6, 6.07) is -6.51. The standard InChI is InChI=1S/C74H123N13O18/c1-28-42(11)53-64(95)82(23)56(41(9)10)67(98)83(24)55(40(7)8)65(96)78(19)36-49(88)80(21)59(73(17,18)103)69(100)85(26)58(44(13)45(14)105-51(90)35-72(15,16)102)68(99)86(27)70(101)61(92)76-52(38(3)4)63(94)84(25)57(43(12)29-2)66(97)79(20)37-50(89)87-48(62(93)81(22)54(39(5)6)60(91)77-53)34-74(104)46-32-30-31-33-47(46)75-71(74)87/h30-33,38-45,48,52-59,70-71,75,101-104H,28-29,34-37H2,1-27H3,(H,76,92)(H,77,91)/t42-,43-,44-,45-,48-,52-,53-,54-,55-,56-,57?,58-,59-,70+,71?,74+/m0/s1. The molecule has 0 spiro atoms. The van der Waals surface area contributed by atoms with Crippen LogP contribution in [-0.2, 0) is 72.7 Å². The van der Waals surface area contributed by atoms with Crippen LogP contribution in [0.3, 0.4) is 0 Å². The lowest BCUT2D eigenvalue weighted by Crippen LogP contribution is -2.65. The first-order chi connectivity index (χ1) is 48.2. The number of benzene rings is 1. The molecule has 3 aliphatic rings. The molecule has 1 aromatic rings. The van der Waals surface area contributed by atoms with Crippen molar-refractivity contribution >= 4 is 82.5 Å². The van der Waals surface area contributed by atoms with Crippen molar-refractivity contribution in [2.45, 2.75) is 240 Å². The average molecular weight is 1480 g/mol. The Morgan fingerprint density at radius 1 is 0.514 bits per heavy atom. The van der Waals surface area contributed by atoms with Crippen LogP contribution in [0.2, 0.25) is 0 Å². The summed E-state index contributed by atoms with van der Waals surface area (Å²) >= 11 is 0. The van der Waals surface area contributed by atoms with E-state index in [4.69, 9.17) is 4.74 Å². The lowest BCUT2D eigenvalue weighted by molar-refractivity contribution is -0.168. The van der Waals surface area contributed by atoms with Crippen LogP contribution in [-0.4, -0.2) is 307 Å². The topological polar surface area (TPSA) is 381 Å². The summed E-state index contributed by atoms with van der Waals surface area (Å²) in [5.74, 6) is -16.6. The van der Waals surface area contributed by atoms with Crippen LogP contribution in [0.4, 0.5) is 5.69 Å². The number of esters is 1. The molecule has 2 fully saturated rings. The van der Waals surface area contributed by atoms with Gasteiger partial charge in [-0.3, -0.25) is 62.3 Å². The number of aliphatic hydroxyl groups is 4. The lowest BCUT2D eigenvalue weighted by Gasteiger charge is -2.43. The molecular weight excluding hydrogens is 1360 g/mol. The van der Waals surface area contributed by atoms with Crippen LogP contribution >= 0.6 is 0 Å². The van der Waals surface area contributed by atoms with Gasteiger partial charge >= 0.3 is 5.97 Å². The summed E-state index contributed by atoms with van der Waals surface area (Å²) in [5.41, 5.74) is -4.74. The van der Waals surface area contributed by atoms with Gasteiger partial charge in [-0.1, -0.05) is 121 Å². The Labute approximate surface area is 620 Å². The van der Waals surface area contributed by atoms with Gasteiger partial charge in [0.1, 0.15) is 72.2 Å². The molecule has 4 rings (SSSR count). The highest BCUT2D eigenvalue weighted by Gasteiger charge is 2.61. The third-order valence-electron chi connectivity index (χ3n) is 21.3. The molecule has 592 valence electrons. The molecule has 0 bridgehead atoms. The van der Waals surface area contributed by atoms with Gasteiger partial charge in [0.2, 0.25) is 71.2 Å². The molecule has 105 heavy (non-hydrogen) atoms. The smallest absolute Gasteiger partial charge is 0.308 e. The molecule has 2 saturated heterocycles. The van der Waals surface area contributed by atoms with Gasteiger partial charge in [-0.05, 0) is 76.2 Å². The fourth-order valence-corrected chi connectivity index (χ4v) is 14.7. The van der Waals surface area contributed by atoms with Gasteiger partial charge in [0.15, 0.2) is 0 Å². The quantitative estimate of drug-likeness (QED) is 0.128. The van der Waals surface area contributed by atoms with Crippen molar-refractivity contribution in [2.24, 2.45) is 41.4 Å². The van der Waals surface area contributed by atoms with Crippen molar-refractivity contribution in [1.82, 2.24) is 59.6 Å². The number of carbonyl (C=O) groups is 13. The Hall–Kier alpha value is -8.03. The van der Waals surface area contributed by atoms with E-state index in [1.165, 1.54) is 101 Å². The zero-order valence-corrected chi connectivity index (χ0v) is 67.0. The van der Waals surface area contributed by atoms with E-state index in [1.807, 2.05) is 0 Å². The second-order valence-corrected chi connectivity index (χ2v) is 32.0. The second-order valence-electron chi connectivity index (χ2n) is 32.0. The maximum atomic E-state index is 15.5. The normalized spacial score (nSPS) is 28.2. The predicted molar refractivity (Wildman–Crippen MR) is 390 cm³/mol. The number of ether oxygens (including phenoxy) is 1. The van der Waals surface area contributed by atoms with Crippen molar-refractivity contribution in [3.63, 3.8) is 0 Å². The number of nitrogens with zero attached hydrogens (tertiary/aromatic N) is 10. The number of aliphatic hydroxyl groups excluding tert-OH is 1. The molecular formula is C74H123N13O18. The molecule has 31 heteroatoms. The fraction of sp³-hybridized carbons (Fsp3) is 0.743. The number of amides is 12. The van der Waals surface area contributed by atoms with Crippen molar-refractivity contribution in [2.75, 3.05) is 81.8 Å². The molecule has 31 nitrogen and oxygen atoms in total. The van der Waals surface area contributed by atoms with Gasteiger partial charge in [-0.2, -0.15) is 0 Å². The van der Waals surface area contributed by atoms with E-state index in [2.05, 4.69) is 16.0 Å². The first-order valence-corrected chi connectivity index (χ1v) is 36.4. The molecule has 3 aliphatic heterocycles. The summed E-state index contributed by atoms with van der Waals surface area (Å²) in [5, 5.41) is 55.8. The van der Waals surface area contributed by atoms with Crippen molar-refractivity contribution in [3.8, 4) is 0 Å². The average Bonchev–Trinajstić information content (AvgIpc) is 1.56. The van der Waals surface area contributed by atoms with Crippen molar-refractivity contribution in [3.05, 3.63) is 29.8 Å². The third kappa shape index (κ3) is 19.8. The first kappa shape index (κ1) is 89.4. The Balaban J connectivity index is 2.00. The van der Waals surface area contributed by atoms with Gasteiger partial charge in [-0.25, -0.2) is 0 Å². The van der Waals surface area contributed by atoms with E-state index < -0.39 is 227 Å². The summed E-state index contributed by atoms with van der Waals surface area (Å²) in [7, 11) is 11.5. The van der Waals surface area contributed by atoms with Gasteiger partial charge in [0, 0.05) is 87.0 Å². The van der Waals surface area contributed by atoms with E-state index in [9.17, 15) is 39.6 Å². The minimum absolute atomic E-state index is 0.295. The zero-order chi connectivity index (χ0) is 80.8. The second kappa shape index (κ2) is 35.6. The van der Waals surface area contributed by atoms with Gasteiger partial charge in [0.25, 0.3) is 5.91 Å². The highest BCUT2D eigenvalue weighted by Crippen LogP contribution is 2.50. The van der Waals surface area contributed by atoms with Crippen molar-refractivity contribution < 1.29 is 87.5 Å². The van der Waals surface area contributed by atoms with Gasteiger partial charge < -0.3 is 90.1 Å². The molecule has 0 saturated carbocycles. The Morgan fingerprint density at radius 3 is 1.45 bits per heavy atom. The first-order valence-electron chi connectivity index (χ1n) is 36.4. The Morgan fingerprint density at radius 2 is 0.952 bits per heavy atom. The van der Waals surface area contributed by atoms with Crippen LogP contribution in [0, 0.1) is 41.4 Å². The van der Waals surface area contributed by atoms with E-state index >= 15 is 43.2 Å². The van der Waals surface area contributed by atoms with Crippen molar-refractivity contribution in [1.29, 1.82) is 0 Å². The number of carbonyl (C=O) groups excluding carboxylic acids is 13. The number of likely N-dealkylation sites (N-methyl/N-ethyl adjacent to an activating group) is 9. The number of hydrogen-bond donors (Lipinski definition) is 7. The maximum Gasteiger partial charge on any atom is 0.308 e. The van der Waals surface area contributed by atoms with E-state index in [-0.39, 0.29) is 6.42 Å². The highest BCUT2D eigenvalue weighted by molar-refractivity contribution is 6.00. The number of fused-ring (bicyclic) bond motifs is 5. The third-order valence-corrected chi connectivity index (χ3v) is 21.3. The number of para-hydroxylation sites is 1. The molecule has 12 amide bonds. The molecule has 3 heterocycles. The largest absolute Gasteiger partial charge is 0.462 e. The van der Waals surface area contributed by atoms with Crippen LogP contribution in [0.15, 0.2) is 24.3 Å². The molecule has 0 radical (unpaired) electrons. The highest BCUT2D eigenvalue weighted by atomic mass is 16.5. The fourth-order valence-electron chi connectivity index (χ4n) is 14.7. The van der Waals surface area contributed by atoms with Crippen LogP contribution in [0.25, 0.3) is 0 Å². The lowest BCUT2D eigenvalue weighted by atomic mass is 9.90. The monoisotopic (exact) mass is 1480 g/mol. The van der Waals surface area contributed by atoms with E-state index in [1.54, 1.807) is 107 Å².